The average Bonchev–Trinajstić information content (AvgIpc) is 2.88. The van der Waals surface area contributed by atoms with Crippen molar-refractivity contribution in [2.45, 2.75) is 50.8 Å². The summed E-state index contributed by atoms with van der Waals surface area (Å²) in [4.78, 5) is 12.0. The Kier molecular flexibility index (Phi) is 10.5. The zero-order chi connectivity index (χ0) is 29.2. The highest BCUT2D eigenvalue weighted by molar-refractivity contribution is 5.87. The van der Waals surface area contributed by atoms with E-state index in [1.807, 2.05) is 6.07 Å². The van der Waals surface area contributed by atoms with Crippen molar-refractivity contribution in [1.82, 2.24) is 0 Å². The monoisotopic (exact) mass is 562 g/mol. The Balaban J connectivity index is 1.41. The molecule has 0 spiro atoms. The number of hydrogen-bond acceptors (Lipinski definition) is 5. The Morgan fingerprint density at radius 1 is 0.825 bits per heavy atom. The molecule has 3 rings (SSSR count). The van der Waals surface area contributed by atoms with E-state index in [9.17, 15) is 26.7 Å². The molecule has 0 aromatic heterocycles. The number of ether oxygens (including phenoxy) is 2. The number of nitrogen functional groups attached to an aromatic ring is 2. The van der Waals surface area contributed by atoms with Gasteiger partial charge in [-0.05, 0) is 91.3 Å². The van der Waals surface area contributed by atoms with Crippen LogP contribution in [0.2, 0.25) is 0 Å². The third-order valence-corrected chi connectivity index (χ3v) is 6.01. The number of carbonyl (C=O) groups excluding carboxylic acids is 1. The Hall–Kier alpha value is -4.08. The lowest BCUT2D eigenvalue weighted by molar-refractivity contribution is -0.185. The minimum absolute atomic E-state index is 0.0966. The summed E-state index contributed by atoms with van der Waals surface area (Å²) in [5.41, 5.74) is 14.5. The molecule has 10 heteroatoms. The van der Waals surface area contributed by atoms with Crippen LogP contribution in [0.1, 0.15) is 47.9 Å². The zero-order valence-corrected chi connectivity index (χ0v) is 21.7. The normalized spacial score (nSPS) is 12.0. The van der Waals surface area contributed by atoms with E-state index in [0.717, 1.165) is 30.5 Å². The molecule has 0 heterocycles. The molecule has 0 bridgehead atoms. The van der Waals surface area contributed by atoms with Crippen LogP contribution >= 0.6 is 0 Å². The number of nitrogens with two attached hydrogens (primary N) is 2. The number of unbranched alkanes of at least 4 members (excludes halogenated alkanes) is 1. The lowest BCUT2D eigenvalue weighted by atomic mass is 10.1. The van der Waals surface area contributed by atoms with Crippen LogP contribution in [0.15, 0.2) is 72.8 Å². The van der Waals surface area contributed by atoms with Gasteiger partial charge in [0, 0.05) is 23.9 Å². The van der Waals surface area contributed by atoms with Crippen molar-refractivity contribution < 1.29 is 36.2 Å². The van der Waals surface area contributed by atoms with Gasteiger partial charge in [0.15, 0.2) is 0 Å². The van der Waals surface area contributed by atoms with Gasteiger partial charge in [-0.2, -0.15) is 22.0 Å². The first-order chi connectivity index (χ1) is 18.9. The van der Waals surface area contributed by atoms with Gasteiger partial charge < -0.3 is 20.9 Å². The number of esters is 1. The Morgan fingerprint density at radius 2 is 1.52 bits per heavy atom. The van der Waals surface area contributed by atoms with Crippen LogP contribution in [0.25, 0.3) is 6.08 Å². The quantitative estimate of drug-likeness (QED) is 0.0743. The van der Waals surface area contributed by atoms with E-state index in [0.29, 0.717) is 28.9 Å². The van der Waals surface area contributed by atoms with Crippen molar-refractivity contribution >= 4 is 23.4 Å². The van der Waals surface area contributed by atoms with E-state index >= 15 is 0 Å². The Labute approximate surface area is 229 Å². The molecule has 3 aromatic rings. The second-order valence-corrected chi connectivity index (χ2v) is 9.27. The molecule has 5 nitrogen and oxygen atoms in total. The molecule has 0 aliphatic carbocycles. The summed E-state index contributed by atoms with van der Waals surface area (Å²) >= 11 is 0. The van der Waals surface area contributed by atoms with Gasteiger partial charge in [-0.1, -0.05) is 30.3 Å². The molecule has 0 saturated carbocycles. The lowest BCUT2D eigenvalue weighted by Crippen LogP contribution is -2.21. The van der Waals surface area contributed by atoms with Crippen molar-refractivity contribution in [2.24, 2.45) is 0 Å². The molecule has 4 N–H and O–H groups in total. The molecule has 0 aliphatic rings. The summed E-state index contributed by atoms with van der Waals surface area (Å²) in [7, 11) is 0. The van der Waals surface area contributed by atoms with E-state index in [2.05, 4.69) is 0 Å². The predicted octanol–water partition coefficient (Wildman–Crippen LogP) is 7.44. The second kappa shape index (κ2) is 13.8. The molecule has 3 aromatic carbocycles. The fraction of sp³-hybridized carbons (Fsp3) is 0.300. The first kappa shape index (κ1) is 30.5. The SMILES string of the molecule is Nc1ccc(CCCCOC(=O)/C=C/c2ccc(OC(F)(F)c3ccc(CCCC(F)(F)F)cc3)cc2)c(N)c1. The number of carbonyl (C=O) groups is 1. The van der Waals surface area contributed by atoms with E-state index in [-0.39, 0.29) is 25.2 Å². The van der Waals surface area contributed by atoms with Gasteiger partial charge in [-0.25, -0.2) is 4.79 Å². The van der Waals surface area contributed by atoms with E-state index in [4.69, 9.17) is 20.9 Å². The molecular weight excluding hydrogens is 531 g/mol. The largest absolute Gasteiger partial charge is 0.463 e. The first-order valence-electron chi connectivity index (χ1n) is 12.7. The minimum atomic E-state index is -4.25. The van der Waals surface area contributed by atoms with Crippen LogP contribution in [0, 0.1) is 0 Å². The van der Waals surface area contributed by atoms with Crippen molar-refractivity contribution in [1.29, 1.82) is 0 Å². The van der Waals surface area contributed by atoms with Gasteiger partial charge >= 0.3 is 18.3 Å². The molecule has 0 atom stereocenters. The van der Waals surface area contributed by atoms with Crippen LogP contribution in [0.3, 0.4) is 0 Å². The lowest BCUT2D eigenvalue weighted by Gasteiger charge is -2.18. The fourth-order valence-electron chi connectivity index (χ4n) is 3.86. The highest BCUT2D eigenvalue weighted by atomic mass is 19.4. The topological polar surface area (TPSA) is 87.6 Å². The Morgan fingerprint density at radius 3 is 2.17 bits per heavy atom. The van der Waals surface area contributed by atoms with Gasteiger partial charge in [-0.3, -0.25) is 0 Å². The van der Waals surface area contributed by atoms with Crippen molar-refractivity contribution in [3.63, 3.8) is 0 Å². The number of halogens is 5. The maximum Gasteiger partial charge on any atom is 0.426 e. The molecule has 0 unspecified atom stereocenters. The molecule has 0 aliphatic heterocycles. The molecule has 0 amide bonds. The molecule has 40 heavy (non-hydrogen) atoms. The van der Waals surface area contributed by atoms with E-state index in [1.54, 1.807) is 12.1 Å². The van der Waals surface area contributed by atoms with Crippen LogP contribution in [0.4, 0.5) is 33.3 Å². The van der Waals surface area contributed by atoms with E-state index < -0.39 is 30.2 Å². The highest BCUT2D eigenvalue weighted by Gasteiger charge is 2.34. The van der Waals surface area contributed by atoms with Gasteiger partial charge in [-0.15, -0.1) is 0 Å². The molecule has 0 radical (unpaired) electrons. The van der Waals surface area contributed by atoms with Crippen LogP contribution < -0.4 is 16.2 Å². The smallest absolute Gasteiger partial charge is 0.426 e. The summed E-state index contributed by atoms with van der Waals surface area (Å²) in [6.45, 7) is 0.244. The second-order valence-electron chi connectivity index (χ2n) is 9.27. The van der Waals surface area contributed by atoms with Gasteiger partial charge in [0.25, 0.3) is 0 Å². The summed E-state index contributed by atoms with van der Waals surface area (Å²) in [6, 6.07) is 16.1. The molecule has 214 valence electrons. The van der Waals surface area contributed by atoms with Crippen molar-refractivity contribution in [2.75, 3.05) is 18.1 Å². The minimum Gasteiger partial charge on any atom is -0.463 e. The summed E-state index contributed by atoms with van der Waals surface area (Å²) in [6.07, 6.45) is -3.88. The molecular formula is C30H31F5N2O3. The highest BCUT2D eigenvalue weighted by Crippen LogP contribution is 2.32. The number of hydrogen-bond donors (Lipinski definition) is 2. The number of aryl methyl sites for hydroxylation is 2. The number of alkyl halides is 5. The predicted molar refractivity (Wildman–Crippen MR) is 145 cm³/mol. The van der Waals surface area contributed by atoms with Crippen LogP contribution in [0.5, 0.6) is 5.75 Å². The maximum absolute atomic E-state index is 14.6. The van der Waals surface area contributed by atoms with Gasteiger partial charge in [0.2, 0.25) is 0 Å². The fourth-order valence-corrected chi connectivity index (χ4v) is 3.86. The number of anilines is 2. The molecule has 0 fully saturated rings. The maximum atomic E-state index is 14.6. The van der Waals surface area contributed by atoms with Crippen molar-refractivity contribution in [3.05, 3.63) is 95.1 Å². The number of benzene rings is 3. The Bertz CT molecular complexity index is 1270. The third kappa shape index (κ3) is 10.2. The van der Waals surface area contributed by atoms with Gasteiger partial charge in [0.05, 0.1) is 12.2 Å². The summed E-state index contributed by atoms with van der Waals surface area (Å²) in [5, 5.41) is 0. The van der Waals surface area contributed by atoms with Crippen LogP contribution in [-0.2, 0) is 28.5 Å². The van der Waals surface area contributed by atoms with Gasteiger partial charge in [0.1, 0.15) is 5.75 Å². The van der Waals surface area contributed by atoms with E-state index in [1.165, 1.54) is 48.6 Å². The molecule has 0 saturated heterocycles. The first-order valence-corrected chi connectivity index (χ1v) is 12.7. The van der Waals surface area contributed by atoms with Crippen LogP contribution in [-0.4, -0.2) is 18.8 Å². The zero-order valence-electron chi connectivity index (χ0n) is 21.7. The number of rotatable bonds is 13. The summed E-state index contributed by atoms with van der Waals surface area (Å²) < 4.78 is 76.0. The van der Waals surface area contributed by atoms with Crippen molar-refractivity contribution in [3.8, 4) is 5.75 Å². The standard InChI is InChI=1S/C30H31F5N2O3/c31-29(32,33)18-3-4-21-6-12-24(13-7-21)30(34,35)40-26-15-8-22(9-16-26)10-17-28(38)39-19-2-1-5-23-11-14-25(36)20-27(23)37/h6-17,20H,1-5,18-19,36-37H2/b17-10+. The summed E-state index contributed by atoms with van der Waals surface area (Å²) in [5.74, 6) is -0.624. The third-order valence-electron chi connectivity index (χ3n) is 6.01. The average molecular weight is 563 g/mol.